The molecule has 2 aliphatic rings. The Kier molecular flexibility index (Phi) is 17.0. The molecule has 20 heteroatoms. The summed E-state index contributed by atoms with van der Waals surface area (Å²) in [7, 11) is 3.50. The molecule has 0 fully saturated rings. The van der Waals surface area contributed by atoms with Gasteiger partial charge in [-0.1, -0.05) is 81.8 Å². The van der Waals surface area contributed by atoms with Crippen LogP contribution in [-0.4, -0.2) is 115 Å². The number of benzodiazepines with no additional fused rings is 2. The van der Waals surface area contributed by atoms with Gasteiger partial charge in [0.2, 0.25) is 12.3 Å². The van der Waals surface area contributed by atoms with E-state index < -0.39 is 72.5 Å². The van der Waals surface area contributed by atoms with E-state index in [9.17, 15) is 33.9 Å². The number of aliphatic imine (C=N–C) groups is 2. The van der Waals surface area contributed by atoms with E-state index in [1.165, 1.54) is 16.0 Å². The van der Waals surface area contributed by atoms with Crippen molar-refractivity contribution in [3.8, 4) is 5.75 Å². The number of benzene rings is 4. The Labute approximate surface area is 451 Å². The van der Waals surface area contributed by atoms with Crippen molar-refractivity contribution in [2.75, 3.05) is 71.5 Å². The van der Waals surface area contributed by atoms with E-state index in [2.05, 4.69) is 36.9 Å². The van der Waals surface area contributed by atoms with Gasteiger partial charge in [0.05, 0.1) is 65.5 Å². The molecule has 20 nitrogen and oxygen atoms in total. The number of para-hydroxylation sites is 2. The molecule has 2 aliphatic heterocycles. The quantitative estimate of drug-likeness (QED) is 0.0398. The number of anilines is 6. The van der Waals surface area contributed by atoms with Crippen LogP contribution >= 0.6 is 0 Å². The minimum atomic E-state index is -1.54. The van der Waals surface area contributed by atoms with Gasteiger partial charge in [-0.2, -0.15) is 0 Å². The Hall–Kier alpha value is -9.30. The first-order chi connectivity index (χ1) is 37.5. The minimum absolute atomic E-state index is 0.111. The number of Topliss-reactive ketones (excluding diaryl/α,β-unsaturated/α-hetero) is 2. The molecule has 3 unspecified atom stereocenters. The highest BCUT2D eigenvalue weighted by molar-refractivity contribution is 6.21. The van der Waals surface area contributed by atoms with Crippen molar-refractivity contribution < 1.29 is 38.6 Å². The highest BCUT2D eigenvalue weighted by atomic mass is 16.5. The average Bonchev–Trinajstić information content (AvgIpc) is 3.72. The second kappa shape index (κ2) is 24.1. The zero-order chi connectivity index (χ0) is 55.6. The molecule has 0 bridgehead atoms. The van der Waals surface area contributed by atoms with Crippen molar-refractivity contribution in [3.05, 3.63) is 162 Å². The molecule has 0 aliphatic carbocycles. The summed E-state index contributed by atoms with van der Waals surface area (Å²) in [5, 5.41) is 27.0. The standard InChI is InChI=1S/C58H62N12O8/c1-7-27-58(4,48(73)33-70-46-24-11-8-20-41(46)49(43-22-12-13-28-61-43)65-52(54(70)75)68-56(77)64-39-19-15-17-37(30-39)60-6)35-78-40-25-26-44(62-31-40)50-42-21-9-10-23-45(42)69(32-47(72)57(2,3)34-71)53(74)51(66-50)67-55(76)63-38-18-14-16-36(29-38)59-5/h8-26,28-31,51-52,59-60,71H,7,27,32-35H2,1-6H3,(H2,63,67,76)(H2,64,68,77). The Morgan fingerprint density at radius 3 is 1.59 bits per heavy atom. The number of ketones is 2. The molecular weight excluding hydrogens is 993 g/mol. The van der Waals surface area contributed by atoms with Gasteiger partial charge in [0.15, 0.2) is 11.6 Å². The molecule has 0 spiro atoms. The molecule has 8 rings (SSSR count). The normalized spacial score (nSPS) is 15.9. The molecule has 402 valence electrons. The van der Waals surface area contributed by atoms with Crippen LogP contribution in [0.15, 0.2) is 150 Å². The van der Waals surface area contributed by atoms with Crippen molar-refractivity contribution in [1.82, 2.24) is 20.6 Å². The van der Waals surface area contributed by atoms with Crippen molar-refractivity contribution in [1.29, 1.82) is 0 Å². The molecule has 4 heterocycles. The number of carbonyl (C=O) groups is 6. The largest absolute Gasteiger partial charge is 0.491 e. The van der Waals surface area contributed by atoms with E-state index in [0.29, 0.717) is 69.6 Å². The second-order valence-corrected chi connectivity index (χ2v) is 19.6. The third-order valence-electron chi connectivity index (χ3n) is 13.4. The zero-order valence-corrected chi connectivity index (χ0v) is 44.2. The highest BCUT2D eigenvalue weighted by Gasteiger charge is 2.41. The number of nitrogens with zero attached hydrogens (tertiary/aromatic N) is 6. The van der Waals surface area contributed by atoms with Crippen molar-refractivity contribution in [2.45, 2.75) is 52.9 Å². The molecular formula is C58H62N12O8. The van der Waals surface area contributed by atoms with Gasteiger partial charge in [-0.15, -0.1) is 0 Å². The van der Waals surface area contributed by atoms with Crippen molar-refractivity contribution in [3.63, 3.8) is 0 Å². The van der Waals surface area contributed by atoms with Crippen LogP contribution in [0.25, 0.3) is 0 Å². The van der Waals surface area contributed by atoms with E-state index in [-0.39, 0.29) is 18.1 Å². The number of urea groups is 2. The first-order valence-corrected chi connectivity index (χ1v) is 25.4. The monoisotopic (exact) mass is 1050 g/mol. The van der Waals surface area contributed by atoms with Crippen LogP contribution < -0.4 is 46.4 Å². The maximum Gasteiger partial charge on any atom is 0.321 e. The van der Waals surface area contributed by atoms with Crippen molar-refractivity contribution >= 4 is 81.0 Å². The fourth-order valence-electron chi connectivity index (χ4n) is 8.84. The second-order valence-electron chi connectivity index (χ2n) is 19.6. The van der Waals surface area contributed by atoms with Crippen LogP contribution in [0.2, 0.25) is 0 Å². The summed E-state index contributed by atoms with van der Waals surface area (Å²) in [5.74, 6) is -1.79. The number of hydrogen-bond acceptors (Lipinski definition) is 14. The summed E-state index contributed by atoms with van der Waals surface area (Å²) in [5.41, 5.74) is 3.10. The Morgan fingerprint density at radius 1 is 0.615 bits per heavy atom. The predicted octanol–water partition coefficient (Wildman–Crippen LogP) is 7.27. The zero-order valence-electron chi connectivity index (χ0n) is 44.2. The minimum Gasteiger partial charge on any atom is -0.491 e. The van der Waals surface area contributed by atoms with Crippen LogP contribution in [0.4, 0.5) is 43.7 Å². The van der Waals surface area contributed by atoms with E-state index in [1.54, 1.807) is 156 Å². The lowest BCUT2D eigenvalue weighted by atomic mass is 9.81. The lowest BCUT2D eigenvalue weighted by Crippen LogP contribution is -2.51. The molecule has 6 aromatic rings. The predicted molar refractivity (Wildman–Crippen MR) is 301 cm³/mol. The van der Waals surface area contributed by atoms with E-state index in [4.69, 9.17) is 19.7 Å². The third kappa shape index (κ3) is 12.5. The summed E-state index contributed by atoms with van der Waals surface area (Å²) in [4.78, 5) is 106. The number of pyridine rings is 2. The topological polar surface area (TPSA) is 261 Å². The van der Waals surface area contributed by atoms with E-state index in [0.717, 1.165) is 11.4 Å². The van der Waals surface area contributed by atoms with Crippen LogP contribution in [0, 0.1) is 10.8 Å². The fourth-order valence-corrected chi connectivity index (χ4v) is 8.84. The van der Waals surface area contributed by atoms with Crippen molar-refractivity contribution in [2.24, 2.45) is 20.8 Å². The lowest BCUT2D eigenvalue weighted by Gasteiger charge is -2.32. The molecule has 0 saturated carbocycles. The van der Waals surface area contributed by atoms with Gasteiger partial charge in [0.1, 0.15) is 12.4 Å². The summed E-state index contributed by atoms with van der Waals surface area (Å²) in [6, 6.07) is 35.1. The van der Waals surface area contributed by atoms with E-state index in [1.807, 2.05) is 19.1 Å². The van der Waals surface area contributed by atoms with Gasteiger partial charge in [-0.05, 0) is 86.1 Å². The SMILES string of the molecule is CCCC(C)(COc1ccc(C2=NC(NC(=O)Nc3cccc(NC)c3)C(=O)N(CC(=O)C(C)(C)CO)c3ccccc32)nc1)C(=O)CN1C(=O)C(NC(=O)Nc2cccc(NC)c2)N=C(c2ccccn2)c2ccccc21. The number of amides is 6. The molecule has 0 saturated heterocycles. The molecule has 4 aromatic carbocycles. The summed E-state index contributed by atoms with van der Waals surface area (Å²) in [6.07, 6.45) is 1.03. The van der Waals surface area contributed by atoms with Crippen LogP contribution in [0.1, 0.15) is 63.1 Å². The number of fused-ring (bicyclic) bond motifs is 2. The Bertz CT molecular complexity index is 3280. The third-order valence-corrected chi connectivity index (χ3v) is 13.4. The van der Waals surface area contributed by atoms with Gasteiger partial charge in [-0.25, -0.2) is 19.6 Å². The highest BCUT2D eigenvalue weighted by Crippen LogP contribution is 2.34. The van der Waals surface area contributed by atoms with Gasteiger partial charge >= 0.3 is 12.1 Å². The number of aromatic nitrogens is 2. The maximum atomic E-state index is 14.9. The smallest absolute Gasteiger partial charge is 0.321 e. The molecule has 6 amide bonds. The lowest BCUT2D eigenvalue weighted by molar-refractivity contribution is -0.130. The van der Waals surface area contributed by atoms with Crippen LogP contribution in [0.3, 0.4) is 0 Å². The Balaban J connectivity index is 1.06. The van der Waals surface area contributed by atoms with Crippen LogP contribution in [-0.2, 0) is 19.2 Å². The number of hydrogen-bond donors (Lipinski definition) is 7. The van der Waals surface area contributed by atoms with Gasteiger partial charge in [0.25, 0.3) is 11.8 Å². The number of nitrogens with one attached hydrogen (secondary N) is 6. The summed E-state index contributed by atoms with van der Waals surface area (Å²) < 4.78 is 6.36. The maximum absolute atomic E-state index is 14.9. The first kappa shape index (κ1) is 54.9. The number of carbonyl (C=O) groups excluding carboxylic acids is 6. The average molecular weight is 1060 g/mol. The number of ether oxygens (including phenoxy) is 1. The summed E-state index contributed by atoms with van der Waals surface area (Å²) in [6.45, 7) is 5.50. The first-order valence-electron chi connectivity index (χ1n) is 25.4. The fraction of sp³-hybridized carbons (Fsp3) is 0.276. The van der Waals surface area contributed by atoms with Gasteiger partial charge in [0, 0.05) is 59.6 Å². The number of rotatable bonds is 20. The van der Waals surface area contributed by atoms with Crippen LogP contribution in [0.5, 0.6) is 5.75 Å². The molecule has 3 atom stereocenters. The van der Waals surface area contributed by atoms with Gasteiger partial charge in [-0.3, -0.25) is 29.1 Å². The Morgan fingerprint density at radius 2 is 1.12 bits per heavy atom. The molecule has 78 heavy (non-hydrogen) atoms. The molecule has 7 N–H and O–H groups in total. The molecule has 0 radical (unpaired) electrons. The van der Waals surface area contributed by atoms with E-state index >= 15 is 0 Å². The number of aliphatic hydroxyl groups excluding tert-OH is 1. The molecule has 2 aromatic heterocycles. The summed E-state index contributed by atoms with van der Waals surface area (Å²) >= 11 is 0. The van der Waals surface area contributed by atoms with Gasteiger partial charge < -0.3 is 51.5 Å². The number of aliphatic hydroxyl groups is 1.